The molecule has 1 aromatic heterocycles. The number of aliphatic hydroxyl groups excluding tert-OH is 1. The molecule has 6 heteroatoms. The molecule has 0 amide bonds. The lowest BCUT2D eigenvalue weighted by Gasteiger charge is -2.12. The molecule has 0 bridgehead atoms. The fraction of sp³-hybridized carbons (Fsp3) is 0.333. The van der Waals surface area contributed by atoms with E-state index in [1.807, 2.05) is 29.8 Å². The topological polar surface area (TPSA) is 81.0 Å². The van der Waals surface area contributed by atoms with E-state index in [1.165, 1.54) is 5.69 Å². The molecular weight excluding hydrogens is 378 g/mol. The minimum atomic E-state index is -0.552. The molecule has 0 fully saturated rings. The quantitative estimate of drug-likeness (QED) is 0.376. The largest absolute Gasteiger partial charge is 0.491 e. The molecule has 1 heterocycles. The molecule has 158 valence electrons. The van der Waals surface area contributed by atoms with Gasteiger partial charge in [-0.05, 0) is 44.2 Å². The Hall–Kier alpha value is -2.96. The molecule has 6 nitrogen and oxygen atoms in total. The standard InChI is InChI=1S/C24H29N3O3/c1-18-15-19(2)27(26-18)14-6-13-25-16-22(28)17-30-23-11-9-21(10-12-23)24(29)20-7-4-3-5-8-20/h3-5,7-12,15,22,25,28H,6,13-14,16-17H2,1-2H3/p+1/t22-/m1/s1. The summed E-state index contributed by atoms with van der Waals surface area (Å²) < 4.78 is 7.68. The molecule has 0 spiro atoms. The SMILES string of the molecule is Cc1cc(C)n(CCC[NH2+]C[C@@H](O)COc2ccc(C(=O)c3ccccc3)cc2)n1. The Bertz CT molecular complexity index is 936. The van der Waals surface area contributed by atoms with Crippen LogP contribution in [0, 0.1) is 13.8 Å². The van der Waals surface area contributed by atoms with Gasteiger partial charge in [-0.3, -0.25) is 9.48 Å². The number of carbonyl (C=O) groups is 1. The number of benzene rings is 2. The van der Waals surface area contributed by atoms with Crippen LogP contribution in [0.5, 0.6) is 5.75 Å². The Morgan fingerprint density at radius 2 is 1.80 bits per heavy atom. The van der Waals surface area contributed by atoms with E-state index in [0.717, 1.165) is 25.2 Å². The number of ketones is 1. The smallest absolute Gasteiger partial charge is 0.193 e. The van der Waals surface area contributed by atoms with Crippen molar-refractivity contribution in [2.75, 3.05) is 19.7 Å². The molecule has 30 heavy (non-hydrogen) atoms. The number of aromatic nitrogens is 2. The maximum atomic E-state index is 12.4. The minimum absolute atomic E-state index is 0.0164. The minimum Gasteiger partial charge on any atom is -0.491 e. The van der Waals surface area contributed by atoms with Crippen LogP contribution >= 0.6 is 0 Å². The monoisotopic (exact) mass is 408 g/mol. The second-order valence-electron chi connectivity index (χ2n) is 7.50. The molecule has 0 saturated heterocycles. The van der Waals surface area contributed by atoms with Crippen LogP contribution in [0.3, 0.4) is 0 Å². The van der Waals surface area contributed by atoms with Gasteiger partial charge in [0.25, 0.3) is 0 Å². The predicted octanol–water partition coefficient (Wildman–Crippen LogP) is 2.12. The summed E-state index contributed by atoms with van der Waals surface area (Å²) in [5.41, 5.74) is 3.50. The van der Waals surface area contributed by atoms with Crippen LogP contribution in [0.25, 0.3) is 0 Å². The first-order chi connectivity index (χ1) is 14.5. The molecule has 3 rings (SSSR count). The van der Waals surface area contributed by atoms with Gasteiger partial charge in [-0.15, -0.1) is 0 Å². The highest BCUT2D eigenvalue weighted by atomic mass is 16.5. The Morgan fingerprint density at radius 1 is 1.10 bits per heavy atom. The first-order valence-electron chi connectivity index (χ1n) is 10.4. The third-order valence-corrected chi connectivity index (χ3v) is 4.92. The van der Waals surface area contributed by atoms with E-state index >= 15 is 0 Å². The fourth-order valence-corrected chi connectivity index (χ4v) is 3.32. The number of hydrogen-bond donors (Lipinski definition) is 2. The zero-order chi connectivity index (χ0) is 21.3. The molecule has 0 unspecified atom stereocenters. The molecule has 0 aliphatic heterocycles. The predicted molar refractivity (Wildman–Crippen MR) is 116 cm³/mol. The highest BCUT2D eigenvalue weighted by molar-refractivity contribution is 6.08. The van der Waals surface area contributed by atoms with E-state index < -0.39 is 6.10 Å². The van der Waals surface area contributed by atoms with Gasteiger partial charge in [0.2, 0.25) is 0 Å². The van der Waals surface area contributed by atoms with Crippen molar-refractivity contribution in [1.29, 1.82) is 0 Å². The second-order valence-corrected chi connectivity index (χ2v) is 7.50. The molecule has 2 aromatic carbocycles. The van der Waals surface area contributed by atoms with E-state index in [4.69, 9.17) is 4.74 Å². The lowest BCUT2D eigenvalue weighted by molar-refractivity contribution is -0.661. The van der Waals surface area contributed by atoms with Crippen molar-refractivity contribution in [2.24, 2.45) is 0 Å². The number of aryl methyl sites for hydroxylation is 3. The Labute approximate surface area is 177 Å². The fourth-order valence-electron chi connectivity index (χ4n) is 3.32. The lowest BCUT2D eigenvalue weighted by atomic mass is 10.0. The van der Waals surface area contributed by atoms with E-state index in [0.29, 0.717) is 23.4 Å². The van der Waals surface area contributed by atoms with Gasteiger partial charge >= 0.3 is 0 Å². The number of hydrogen-bond acceptors (Lipinski definition) is 4. The zero-order valence-corrected chi connectivity index (χ0v) is 17.6. The van der Waals surface area contributed by atoms with Crippen molar-refractivity contribution >= 4 is 5.78 Å². The first kappa shape index (κ1) is 21.7. The summed E-state index contributed by atoms with van der Waals surface area (Å²) in [6.07, 6.45) is 0.441. The summed E-state index contributed by atoms with van der Waals surface area (Å²) in [4.78, 5) is 12.4. The van der Waals surface area contributed by atoms with Gasteiger partial charge in [-0.1, -0.05) is 30.3 Å². The average Bonchev–Trinajstić information content (AvgIpc) is 3.09. The van der Waals surface area contributed by atoms with Crippen LogP contribution in [-0.4, -0.2) is 46.5 Å². The van der Waals surface area contributed by atoms with Gasteiger partial charge in [0.15, 0.2) is 5.78 Å². The first-order valence-corrected chi connectivity index (χ1v) is 10.4. The van der Waals surface area contributed by atoms with Crippen LogP contribution < -0.4 is 10.1 Å². The summed E-state index contributed by atoms with van der Waals surface area (Å²) in [7, 11) is 0. The normalized spacial score (nSPS) is 12.0. The van der Waals surface area contributed by atoms with Crippen LogP contribution in [-0.2, 0) is 6.54 Å². The average molecular weight is 409 g/mol. The molecule has 3 N–H and O–H groups in total. The van der Waals surface area contributed by atoms with Crippen molar-refractivity contribution in [1.82, 2.24) is 9.78 Å². The molecule has 0 radical (unpaired) electrons. The number of carbonyl (C=O) groups excluding carboxylic acids is 1. The Balaban J connectivity index is 1.35. The van der Waals surface area contributed by atoms with Crippen LogP contribution in [0.15, 0.2) is 60.7 Å². The van der Waals surface area contributed by atoms with Crippen molar-refractivity contribution in [3.63, 3.8) is 0 Å². The van der Waals surface area contributed by atoms with Gasteiger partial charge in [-0.2, -0.15) is 5.10 Å². The maximum absolute atomic E-state index is 12.4. The summed E-state index contributed by atoms with van der Waals surface area (Å²) >= 11 is 0. The van der Waals surface area contributed by atoms with E-state index in [-0.39, 0.29) is 12.4 Å². The molecule has 3 aromatic rings. The van der Waals surface area contributed by atoms with Gasteiger partial charge < -0.3 is 15.2 Å². The van der Waals surface area contributed by atoms with Crippen LogP contribution in [0.2, 0.25) is 0 Å². The molecular formula is C24H30N3O3+. The van der Waals surface area contributed by atoms with Crippen molar-refractivity contribution < 1.29 is 20.0 Å². The maximum Gasteiger partial charge on any atom is 0.193 e. The number of aliphatic hydroxyl groups is 1. The van der Waals surface area contributed by atoms with Gasteiger partial charge in [0.1, 0.15) is 25.0 Å². The molecule has 1 atom stereocenters. The van der Waals surface area contributed by atoms with E-state index in [2.05, 4.69) is 23.4 Å². The van der Waals surface area contributed by atoms with Crippen molar-refractivity contribution in [3.05, 3.63) is 83.2 Å². The molecule has 0 aliphatic rings. The third kappa shape index (κ3) is 6.27. The molecule has 0 saturated carbocycles. The Kier molecular flexibility index (Phi) is 7.76. The highest BCUT2D eigenvalue weighted by Crippen LogP contribution is 2.15. The van der Waals surface area contributed by atoms with Crippen molar-refractivity contribution in [2.45, 2.75) is 32.9 Å². The summed E-state index contributed by atoms with van der Waals surface area (Å²) in [6.45, 7) is 6.68. The zero-order valence-electron chi connectivity index (χ0n) is 17.6. The number of ether oxygens (including phenoxy) is 1. The summed E-state index contributed by atoms with van der Waals surface area (Å²) in [5, 5.41) is 16.7. The van der Waals surface area contributed by atoms with E-state index in [1.54, 1.807) is 36.4 Å². The van der Waals surface area contributed by atoms with Gasteiger partial charge in [0, 0.05) is 29.8 Å². The summed E-state index contributed by atoms with van der Waals surface area (Å²) in [5.74, 6) is 0.625. The molecule has 0 aliphatic carbocycles. The van der Waals surface area contributed by atoms with Gasteiger partial charge in [-0.25, -0.2) is 0 Å². The van der Waals surface area contributed by atoms with Gasteiger partial charge in [0.05, 0.1) is 12.2 Å². The van der Waals surface area contributed by atoms with Crippen molar-refractivity contribution in [3.8, 4) is 5.75 Å². The highest BCUT2D eigenvalue weighted by Gasteiger charge is 2.10. The number of rotatable bonds is 11. The van der Waals surface area contributed by atoms with Crippen LogP contribution in [0.1, 0.15) is 33.7 Å². The lowest BCUT2D eigenvalue weighted by Crippen LogP contribution is -2.86. The summed E-state index contributed by atoms with van der Waals surface area (Å²) in [6, 6.07) is 18.3. The third-order valence-electron chi connectivity index (χ3n) is 4.92. The Morgan fingerprint density at radius 3 is 2.47 bits per heavy atom. The number of quaternary nitrogens is 1. The van der Waals surface area contributed by atoms with Crippen LogP contribution in [0.4, 0.5) is 0 Å². The van der Waals surface area contributed by atoms with E-state index in [9.17, 15) is 9.90 Å². The number of nitrogens with zero attached hydrogens (tertiary/aromatic N) is 2. The second kappa shape index (κ2) is 10.7. The number of nitrogens with two attached hydrogens (primary N) is 1.